The van der Waals surface area contributed by atoms with Crippen molar-refractivity contribution in [3.05, 3.63) is 83.3 Å². The van der Waals surface area contributed by atoms with Gasteiger partial charge in [-0.25, -0.2) is 14.4 Å². The Bertz CT molecular complexity index is 900. The van der Waals surface area contributed by atoms with E-state index in [0.29, 0.717) is 36.8 Å². The minimum absolute atomic E-state index is 0.273. The van der Waals surface area contributed by atoms with Crippen LogP contribution in [0.4, 0.5) is 10.2 Å². The van der Waals surface area contributed by atoms with Gasteiger partial charge in [0.2, 0.25) is 0 Å². The third-order valence-corrected chi connectivity index (χ3v) is 3.86. The molecule has 0 bridgehead atoms. The molecular formula is C20H20FN5O. The van der Waals surface area contributed by atoms with Crippen LogP contribution in [0.25, 0.3) is 0 Å². The van der Waals surface area contributed by atoms with E-state index in [1.807, 2.05) is 18.2 Å². The minimum atomic E-state index is -0.275. The summed E-state index contributed by atoms with van der Waals surface area (Å²) in [5, 5.41) is 5.98. The lowest BCUT2D eigenvalue weighted by Gasteiger charge is -2.09. The van der Waals surface area contributed by atoms with Gasteiger partial charge in [-0.2, -0.15) is 0 Å². The fourth-order valence-corrected chi connectivity index (χ4v) is 2.52. The van der Waals surface area contributed by atoms with Gasteiger partial charge >= 0.3 is 0 Å². The molecule has 0 saturated heterocycles. The second kappa shape index (κ2) is 8.84. The van der Waals surface area contributed by atoms with Crippen LogP contribution in [0.2, 0.25) is 0 Å². The predicted molar refractivity (Wildman–Crippen MR) is 101 cm³/mol. The largest absolute Gasteiger partial charge is 0.364 e. The Hall–Kier alpha value is -3.35. The Kier molecular flexibility index (Phi) is 6.04. The van der Waals surface area contributed by atoms with Gasteiger partial charge in [0.15, 0.2) is 0 Å². The van der Waals surface area contributed by atoms with Crippen LogP contribution in [0.3, 0.4) is 0 Å². The molecule has 0 aliphatic heterocycles. The number of aromatic nitrogens is 3. The Morgan fingerprint density at radius 3 is 2.67 bits per heavy atom. The van der Waals surface area contributed by atoms with Gasteiger partial charge in [-0.3, -0.25) is 9.78 Å². The number of aryl methyl sites for hydroxylation is 1. The standard InChI is InChI=1S/C20H20FN5O/c1-14-25-18(12-19(26-14)24-13-17-4-2-3-10-22-17)20(27)23-11-9-15-5-7-16(21)8-6-15/h2-8,10,12H,9,11,13H2,1H3,(H,23,27)(H,24,25,26). The minimum Gasteiger partial charge on any atom is -0.364 e. The maximum atomic E-state index is 12.9. The van der Waals surface area contributed by atoms with Crippen molar-refractivity contribution >= 4 is 11.7 Å². The molecule has 0 atom stereocenters. The third kappa shape index (κ3) is 5.57. The smallest absolute Gasteiger partial charge is 0.270 e. The van der Waals surface area contributed by atoms with Crippen LogP contribution >= 0.6 is 0 Å². The fourth-order valence-electron chi connectivity index (χ4n) is 2.52. The zero-order valence-corrected chi connectivity index (χ0v) is 14.9. The highest BCUT2D eigenvalue weighted by Crippen LogP contribution is 2.09. The molecule has 3 aromatic rings. The molecule has 2 N–H and O–H groups in total. The second-order valence-corrected chi connectivity index (χ2v) is 5.99. The summed E-state index contributed by atoms with van der Waals surface area (Å²) >= 11 is 0. The van der Waals surface area contributed by atoms with Crippen LogP contribution in [0.5, 0.6) is 0 Å². The molecule has 2 heterocycles. The lowest BCUT2D eigenvalue weighted by molar-refractivity contribution is 0.0949. The second-order valence-electron chi connectivity index (χ2n) is 5.99. The Labute approximate surface area is 156 Å². The SMILES string of the molecule is Cc1nc(NCc2ccccn2)cc(C(=O)NCCc2ccc(F)cc2)n1. The number of hydrogen-bond donors (Lipinski definition) is 2. The van der Waals surface area contributed by atoms with Crippen molar-refractivity contribution in [2.45, 2.75) is 19.9 Å². The van der Waals surface area contributed by atoms with Gasteiger partial charge in [0.1, 0.15) is 23.2 Å². The van der Waals surface area contributed by atoms with Gasteiger partial charge < -0.3 is 10.6 Å². The summed E-state index contributed by atoms with van der Waals surface area (Å²) in [7, 11) is 0. The Balaban J connectivity index is 1.57. The average molecular weight is 365 g/mol. The van der Waals surface area contributed by atoms with Gasteiger partial charge in [0.25, 0.3) is 5.91 Å². The first kappa shape index (κ1) is 18.4. The van der Waals surface area contributed by atoms with Gasteiger partial charge in [0, 0.05) is 18.8 Å². The van der Waals surface area contributed by atoms with Gasteiger partial charge in [0.05, 0.1) is 12.2 Å². The summed E-state index contributed by atoms with van der Waals surface area (Å²) in [5.41, 5.74) is 2.12. The van der Waals surface area contributed by atoms with Crippen LogP contribution in [-0.4, -0.2) is 27.4 Å². The number of anilines is 1. The molecule has 0 unspecified atom stereocenters. The molecule has 138 valence electrons. The van der Waals surface area contributed by atoms with E-state index in [4.69, 9.17) is 0 Å². The highest BCUT2D eigenvalue weighted by molar-refractivity contribution is 5.92. The summed E-state index contributed by atoms with van der Waals surface area (Å²) in [5.74, 6) is 0.523. The number of pyridine rings is 1. The normalized spacial score (nSPS) is 10.4. The Morgan fingerprint density at radius 2 is 1.93 bits per heavy atom. The quantitative estimate of drug-likeness (QED) is 0.673. The molecular weight excluding hydrogens is 345 g/mol. The van der Waals surface area contributed by atoms with E-state index in [-0.39, 0.29) is 11.7 Å². The van der Waals surface area contributed by atoms with Crippen molar-refractivity contribution in [3.8, 4) is 0 Å². The molecule has 6 nitrogen and oxygen atoms in total. The lowest BCUT2D eigenvalue weighted by atomic mass is 10.1. The maximum absolute atomic E-state index is 12.9. The van der Waals surface area contributed by atoms with Crippen molar-refractivity contribution in [1.82, 2.24) is 20.3 Å². The summed E-state index contributed by atoms with van der Waals surface area (Å²) < 4.78 is 12.9. The molecule has 0 fully saturated rings. The summed E-state index contributed by atoms with van der Waals surface area (Å²) in [6.45, 7) is 2.67. The van der Waals surface area contributed by atoms with Gasteiger partial charge in [-0.05, 0) is 43.2 Å². The summed E-state index contributed by atoms with van der Waals surface area (Å²) in [6.07, 6.45) is 2.34. The number of nitrogens with zero attached hydrogens (tertiary/aromatic N) is 3. The molecule has 7 heteroatoms. The monoisotopic (exact) mass is 365 g/mol. The van der Waals surface area contributed by atoms with Gasteiger partial charge in [-0.1, -0.05) is 18.2 Å². The van der Waals surface area contributed by atoms with Crippen LogP contribution in [0.1, 0.15) is 27.6 Å². The van der Waals surface area contributed by atoms with Crippen LogP contribution < -0.4 is 10.6 Å². The predicted octanol–water partition coefficient (Wildman–Crippen LogP) is 2.90. The molecule has 0 radical (unpaired) electrons. The van der Waals surface area contributed by atoms with E-state index < -0.39 is 0 Å². The molecule has 0 aliphatic carbocycles. The summed E-state index contributed by atoms with van der Waals surface area (Å²) in [4.78, 5) is 25.1. The third-order valence-electron chi connectivity index (χ3n) is 3.86. The number of nitrogens with one attached hydrogen (secondary N) is 2. The van der Waals surface area contributed by atoms with Crippen molar-refractivity contribution in [2.24, 2.45) is 0 Å². The zero-order chi connectivity index (χ0) is 19.1. The molecule has 0 saturated carbocycles. The molecule has 1 aromatic carbocycles. The van der Waals surface area contributed by atoms with E-state index in [9.17, 15) is 9.18 Å². The molecule has 27 heavy (non-hydrogen) atoms. The average Bonchev–Trinajstić information content (AvgIpc) is 2.68. The Morgan fingerprint density at radius 1 is 1.11 bits per heavy atom. The fraction of sp³-hybridized carbons (Fsp3) is 0.200. The number of halogens is 1. The molecule has 3 rings (SSSR count). The highest BCUT2D eigenvalue weighted by Gasteiger charge is 2.10. The van der Waals surface area contributed by atoms with Crippen molar-refractivity contribution in [1.29, 1.82) is 0 Å². The first-order valence-electron chi connectivity index (χ1n) is 8.62. The maximum Gasteiger partial charge on any atom is 0.270 e. The molecule has 0 spiro atoms. The van der Waals surface area contributed by atoms with Crippen LogP contribution in [0, 0.1) is 12.7 Å². The van der Waals surface area contributed by atoms with E-state index in [1.54, 1.807) is 31.3 Å². The highest BCUT2D eigenvalue weighted by atomic mass is 19.1. The summed E-state index contributed by atoms with van der Waals surface area (Å²) in [6, 6.07) is 13.5. The van der Waals surface area contributed by atoms with E-state index in [1.165, 1.54) is 12.1 Å². The number of amides is 1. The van der Waals surface area contributed by atoms with Crippen molar-refractivity contribution < 1.29 is 9.18 Å². The van der Waals surface area contributed by atoms with Crippen molar-refractivity contribution in [2.75, 3.05) is 11.9 Å². The number of carbonyl (C=O) groups excluding carboxylic acids is 1. The van der Waals surface area contributed by atoms with E-state index >= 15 is 0 Å². The number of carbonyl (C=O) groups is 1. The van der Waals surface area contributed by atoms with Crippen LogP contribution in [-0.2, 0) is 13.0 Å². The number of hydrogen-bond acceptors (Lipinski definition) is 5. The lowest BCUT2D eigenvalue weighted by Crippen LogP contribution is -2.27. The first-order chi connectivity index (χ1) is 13.1. The molecule has 0 aliphatic rings. The number of rotatable bonds is 7. The topological polar surface area (TPSA) is 79.8 Å². The van der Waals surface area contributed by atoms with Gasteiger partial charge in [-0.15, -0.1) is 0 Å². The first-order valence-corrected chi connectivity index (χ1v) is 8.62. The van der Waals surface area contributed by atoms with Crippen LogP contribution in [0.15, 0.2) is 54.7 Å². The van der Waals surface area contributed by atoms with Crippen molar-refractivity contribution in [3.63, 3.8) is 0 Å². The zero-order valence-electron chi connectivity index (χ0n) is 14.9. The van der Waals surface area contributed by atoms with E-state index in [2.05, 4.69) is 25.6 Å². The number of benzene rings is 1. The molecule has 1 amide bonds. The molecule has 2 aromatic heterocycles. The van der Waals surface area contributed by atoms with E-state index in [0.717, 1.165) is 11.3 Å².